The number of rotatable bonds is 6. The summed E-state index contributed by atoms with van der Waals surface area (Å²) in [6, 6.07) is -1.48. The summed E-state index contributed by atoms with van der Waals surface area (Å²) in [5.74, 6) is -2.32. The first-order valence-corrected chi connectivity index (χ1v) is 6.12. The van der Waals surface area contributed by atoms with Crippen molar-refractivity contribution in [1.29, 1.82) is 0 Å². The van der Waals surface area contributed by atoms with Crippen molar-refractivity contribution in [3.63, 3.8) is 0 Å². The quantitative estimate of drug-likeness (QED) is 0.565. The number of nitrogens with zero attached hydrogens (tertiary/aromatic N) is 2. The predicted molar refractivity (Wildman–Crippen MR) is 67.7 cm³/mol. The van der Waals surface area contributed by atoms with Crippen LogP contribution in [-0.4, -0.2) is 46.9 Å². The number of hydrogen-bond acceptors (Lipinski definition) is 6. The van der Waals surface area contributed by atoms with E-state index >= 15 is 0 Å². The van der Waals surface area contributed by atoms with Crippen LogP contribution in [0.4, 0.5) is 0 Å². The van der Waals surface area contributed by atoms with Crippen LogP contribution in [0.2, 0.25) is 0 Å². The molecule has 0 saturated heterocycles. The second-order valence-electron chi connectivity index (χ2n) is 3.81. The van der Waals surface area contributed by atoms with Gasteiger partial charge in [0.05, 0.1) is 25.0 Å². The molecule has 1 rings (SSSR count). The molecule has 1 amide bonds. The zero-order valence-electron chi connectivity index (χ0n) is 11.6. The van der Waals surface area contributed by atoms with Gasteiger partial charge < -0.3 is 14.8 Å². The Kier molecular flexibility index (Phi) is 5.70. The number of aryl methyl sites for hydroxylation is 1. The van der Waals surface area contributed by atoms with E-state index in [4.69, 9.17) is 9.47 Å². The molecule has 0 saturated carbocycles. The number of hydrogen-bond donors (Lipinski definition) is 1. The topological polar surface area (TPSA) is 99.5 Å². The Morgan fingerprint density at radius 1 is 1.25 bits per heavy atom. The molecule has 0 atom stereocenters. The van der Waals surface area contributed by atoms with Gasteiger partial charge in [-0.15, -0.1) is 0 Å². The number of carbonyl (C=O) groups is 3. The Bertz CT molecular complexity index is 479. The van der Waals surface area contributed by atoms with E-state index in [1.807, 2.05) is 0 Å². The highest BCUT2D eigenvalue weighted by atomic mass is 16.6. The summed E-state index contributed by atoms with van der Waals surface area (Å²) in [5.41, 5.74) is 0.228. The average Bonchev–Trinajstić information content (AvgIpc) is 2.83. The molecule has 0 aliphatic heterocycles. The van der Waals surface area contributed by atoms with Crippen molar-refractivity contribution < 1.29 is 23.9 Å². The maximum Gasteiger partial charge on any atom is 0.340 e. The van der Waals surface area contributed by atoms with Crippen LogP contribution >= 0.6 is 0 Å². The Labute approximate surface area is 116 Å². The molecule has 8 heteroatoms. The molecule has 0 bridgehead atoms. The smallest absolute Gasteiger partial charge is 0.340 e. The van der Waals surface area contributed by atoms with Crippen LogP contribution in [0, 0.1) is 0 Å². The van der Waals surface area contributed by atoms with Gasteiger partial charge in [-0.3, -0.25) is 9.48 Å². The van der Waals surface area contributed by atoms with Gasteiger partial charge in [0, 0.05) is 13.2 Å². The van der Waals surface area contributed by atoms with Crippen LogP contribution in [0.5, 0.6) is 0 Å². The zero-order chi connectivity index (χ0) is 15.1. The molecule has 0 fully saturated rings. The molecule has 0 unspecified atom stereocenters. The van der Waals surface area contributed by atoms with Crippen molar-refractivity contribution in [2.75, 3.05) is 13.2 Å². The maximum atomic E-state index is 11.9. The molecule has 1 heterocycles. The highest BCUT2D eigenvalue weighted by Gasteiger charge is 2.31. The van der Waals surface area contributed by atoms with Gasteiger partial charge in [0.15, 0.2) is 0 Å². The Balaban J connectivity index is 2.80. The molecular formula is C12H17N3O5. The highest BCUT2D eigenvalue weighted by molar-refractivity contribution is 6.05. The molecule has 110 valence electrons. The Hall–Kier alpha value is -2.38. The molecule has 0 aliphatic rings. The summed E-state index contributed by atoms with van der Waals surface area (Å²) < 4.78 is 10.9. The Morgan fingerprint density at radius 3 is 2.20 bits per heavy atom. The van der Waals surface area contributed by atoms with Crippen LogP contribution in [0.25, 0.3) is 0 Å². The van der Waals surface area contributed by atoms with E-state index < -0.39 is 23.9 Å². The minimum Gasteiger partial charge on any atom is -0.464 e. The van der Waals surface area contributed by atoms with Gasteiger partial charge in [0.25, 0.3) is 5.91 Å². The molecule has 8 nitrogen and oxygen atoms in total. The minimum atomic E-state index is -1.48. The van der Waals surface area contributed by atoms with Crippen LogP contribution in [0.15, 0.2) is 12.4 Å². The van der Waals surface area contributed by atoms with Crippen LogP contribution in [0.1, 0.15) is 24.2 Å². The van der Waals surface area contributed by atoms with Gasteiger partial charge >= 0.3 is 11.9 Å². The first kappa shape index (κ1) is 15.7. The lowest BCUT2D eigenvalue weighted by molar-refractivity contribution is -0.157. The molecular weight excluding hydrogens is 266 g/mol. The third-order valence-electron chi connectivity index (χ3n) is 2.29. The van der Waals surface area contributed by atoms with Gasteiger partial charge in [0.1, 0.15) is 0 Å². The SMILES string of the molecule is CCOC(=O)C(NC(=O)c1cnn(C)c1)C(=O)OCC. The monoisotopic (exact) mass is 283 g/mol. The molecule has 1 aromatic rings. The van der Waals surface area contributed by atoms with Crippen molar-refractivity contribution in [2.45, 2.75) is 19.9 Å². The second-order valence-corrected chi connectivity index (χ2v) is 3.81. The van der Waals surface area contributed by atoms with E-state index in [-0.39, 0.29) is 18.8 Å². The minimum absolute atomic E-state index is 0.0947. The van der Waals surface area contributed by atoms with Gasteiger partial charge in [-0.1, -0.05) is 0 Å². The summed E-state index contributed by atoms with van der Waals surface area (Å²) in [5, 5.41) is 6.11. The van der Waals surface area contributed by atoms with E-state index in [9.17, 15) is 14.4 Å². The maximum absolute atomic E-state index is 11.9. The lowest BCUT2D eigenvalue weighted by atomic mass is 10.2. The van der Waals surface area contributed by atoms with E-state index in [1.54, 1.807) is 20.9 Å². The first-order chi connectivity index (χ1) is 9.49. The molecule has 0 radical (unpaired) electrons. The number of amides is 1. The van der Waals surface area contributed by atoms with E-state index in [0.29, 0.717) is 0 Å². The van der Waals surface area contributed by atoms with Crippen molar-refractivity contribution in [3.05, 3.63) is 18.0 Å². The van der Waals surface area contributed by atoms with Crippen LogP contribution < -0.4 is 5.32 Å². The molecule has 20 heavy (non-hydrogen) atoms. The van der Waals surface area contributed by atoms with Gasteiger partial charge in [0.2, 0.25) is 6.04 Å². The van der Waals surface area contributed by atoms with Gasteiger partial charge in [-0.05, 0) is 13.8 Å². The summed E-state index contributed by atoms with van der Waals surface area (Å²) in [6.45, 7) is 3.39. The zero-order valence-corrected chi connectivity index (χ0v) is 11.6. The predicted octanol–water partition coefficient (Wildman–Crippen LogP) is -0.355. The molecule has 1 N–H and O–H groups in total. The third kappa shape index (κ3) is 4.08. The number of ether oxygens (including phenoxy) is 2. The van der Waals surface area contributed by atoms with Crippen LogP contribution in [0.3, 0.4) is 0 Å². The van der Waals surface area contributed by atoms with Gasteiger partial charge in [-0.2, -0.15) is 5.10 Å². The molecule has 0 aromatic carbocycles. The summed E-state index contributed by atoms with van der Waals surface area (Å²) >= 11 is 0. The summed E-state index contributed by atoms with van der Waals surface area (Å²) in [6.07, 6.45) is 2.78. The van der Waals surface area contributed by atoms with E-state index in [0.717, 1.165) is 0 Å². The fourth-order valence-electron chi connectivity index (χ4n) is 1.42. The Morgan fingerprint density at radius 2 is 1.80 bits per heavy atom. The van der Waals surface area contributed by atoms with Crippen molar-refractivity contribution in [3.8, 4) is 0 Å². The third-order valence-corrected chi connectivity index (χ3v) is 2.29. The normalized spacial score (nSPS) is 10.2. The van der Waals surface area contributed by atoms with Crippen molar-refractivity contribution in [2.24, 2.45) is 7.05 Å². The summed E-state index contributed by atoms with van der Waals surface area (Å²) in [7, 11) is 1.64. The lowest BCUT2D eigenvalue weighted by Gasteiger charge is -2.15. The lowest BCUT2D eigenvalue weighted by Crippen LogP contribution is -2.48. The van der Waals surface area contributed by atoms with Crippen molar-refractivity contribution >= 4 is 17.8 Å². The molecule has 1 aromatic heterocycles. The van der Waals surface area contributed by atoms with Crippen LogP contribution in [-0.2, 0) is 26.1 Å². The van der Waals surface area contributed by atoms with E-state index in [2.05, 4.69) is 10.4 Å². The number of carbonyl (C=O) groups excluding carboxylic acids is 3. The molecule has 0 spiro atoms. The number of esters is 2. The fraction of sp³-hybridized carbons (Fsp3) is 0.500. The fourth-order valence-corrected chi connectivity index (χ4v) is 1.42. The second kappa shape index (κ2) is 7.27. The standard InChI is InChI=1S/C12H17N3O5/c1-4-19-11(17)9(12(18)20-5-2)14-10(16)8-6-13-15(3)7-8/h6-7,9H,4-5H2,1-3H3,(H,14,16). The van der Waals surface area contributed by atoms with E-state index in [1.165, 1.54) is 17.1 Å². The first-order valence-electron chi connectivity index (χ1n) is 6.12. The van der Waals surface area contributed by atoms with Gasteiger partial charge in [-0.25, -0.2) is 9.59 Å². The largest absolute Gasteiger partial charge is 0.464 e. The highest BCUT2D eigenvalue weighted by Crippen LogP contribution is 2.00. The van der Waals surface area contributed by atoms with Crippen molar-refractivity contribution in [1.82, 2.24) is 15.1 Å². The number of nitrogens with one attached hydrogen (secondary N) is 1. The molecule has 0 aliphatic carbocycles. The average molecular weight is 283 g/mol. The number of aromatic nitrogens is 2. The summed E-state index contributed by atoms with van der Waals surface area (Å²) in [4.78, 5) is 35.3.